The highest BCUT2D eigenvalue weighted by atomic mass is 32.1. The van der Waals surface area contributed by atoms with E-state index in [0.29, 0.717) is 5.92 Å². The van der Waals surface area contributed by atoms with Crippen LogP contribution in [0.2, 0.25) is 0 Å². The van der Waals surface area contributed by atoms with E-state index in [-0.39, 0.29) is 12.1 Å². The Hall–Kier alpha value is -2.66. The number of thiocarbonyl (C=S) groups is 1. The lowest BCUT2D eigenvalue weighted by Gasteiger charge is -2.30. The normalized spacial score (nSPS) is 19.3. The molecule has 1 fully saturated rings. The maximum atomic E-state index is 5.75. The maximum Gasteiger partial charge on any atom is 0.170 e. The monoisotopic (exact) mass is 390 g/mol. The fraction of sp³-hybridized carbons (Fsp3) is 0.304. The van der Waals surface area contributed by atoms with Crippen LogP contribution in [0.15, 0.2) is 67.0 Å². The van der Waals surface area contributed by atoms with Gasteiger partial charge in [0.25, 0.3) is 0 Å². The molecule has 0 saturated carbocycles. The molecule has 28 heavy (non-hydrogen) atoms. The first kappa shape index (κ1) is 18.7. The highest BCUT2D eigenvalue weighted by Gasteiger charge is 2.41. The van der Waals surface area contributed by atoms with Gasteiger partial charge >= 0.3 is 0 Å². The zero-order chi connectivity index (χ0) is 19.7. The van der Waals surface area contributed by atoms with E-state index >= 15 is 0 Å². The van der Waals surface area contributed by atoms with Crippen LogP contribution in [0.5, 0.6) is 0 Å². The van der Waals surface area contributed by atoms with Gasteiger partial charge in [0.1, 0.15) is 0 Å². The molecule has 0 unspecified atom stereocenters. The van der Waals surface area contributed by atoms with Crippen LogP contribution in [0.1, 0.15) is 42.9 Å². The van der Waals surface area contributed by atoms with Gasteiger partial charge < -0.3 is 14.8 Å². The molecule has 1 saturated heterocycles. The van der Waals surface area contributed by atoms with Gasteiger partial charge in [-0.05, 0) is 67.0 Å². The van der Waals surface area contributed by atoms with Crippen molar-refractivity contribution in [2.75, 3.05) is 6.54 Å². The highest BCUT2D eigenvalue weighted by Crippen LogP contribution is 2.39. The molecule has 1 aromatic carbocycles. The van der Waals surface area contributed by atoms with Gasteiger partial charge in [-0.15, -0.1) is 0 Å². The van der Waals surface area contributed by atoms with Crippen molar-refractivity contribution in [3.63, 3.8) is 0 Å². The van der Waals surface area contributed by atoms with Crippen LogP contribution in [-0.2, 0) is 0 Å². The van der Waals surface area contributed by atoms with E-state index in [1.165, 1.54) is 16.9 Å². The zero-order valence-electron chi connectivity index (χ0n) is 16.5. The molecule has 4 rings (SSSR count). The van der Waals surface area contributed by atoms with Crippen molar-refractivity contribution < 1.29 is 0 Å². The molecule has 0 bridgehead atoms. The number of pyridine rings is 1. The zero-order valence-corrected chi connectivity index (χ0v) is 17.4. The Labute approximate surface area is 172 Å². The second-order valence-electron chi connectivity index (χ2n) is 7.81. The Bertz CT molecular complexity index is 963. The molecule has 0 aliphatic carbocycles. The fourth-order valence-electron chi connectivity index (χ4n) is 3.97. The van der Waals surface area contributed by atoms with Crippen LogP contribution in [0.25, 0.3) is 5.69 Å². The lowest BCUT2D eigenvalue weighted by molar-refractivity contribution is 0.280. The van der Waals surface area contributed by atoms with Crippen molar-refractivity contribution >= 4 is 17.3 Å². The molecule has 2 atom stereocenters. The van der Waals surface area contributed by atoms with E-state index < -0.39 is 0 Å². The van der Waals surface area contributed by atoms with Gasteiger partial charge in [0, 0.05) is 30.3 Å². The fourth-order valence-corrected chi connectivity index (χ4v) is 4.28. The van der Waals surface area contributed by atoms with Gasteiger partial charge in [-0.3, -0.25) is 4.98 Å². The van der Waals surface area contributed by atoms with E-state index in [2.05, 4.69) is 89.2 Å². The van der Waals surface area contributed by atoms with Gasteiger partial charge in [0.05, 0.1) is 17.8 Å². The predicted molar refractivity (Wildman–Crippen MR) is 118 cm³/mol. The van der Waals surface area contributed by atoms with Gasteiger partial charge in [0.2, 0.25) is 0 Å². The summed E-state index contributed by atoms with van der Waals surface area (Å²) in [6.07, 6.45) is 3.98. The SMILES string of the molecule is Cc1cccc(-n2cccc2[C@H]2[C@H](c3ccccn3)NC(=S)N2CC(C)C)c1. The molecule has 5 heteroatoms. The minimum atomic E-state index is 0.0194. The molecule has 1 N–H and O–H groups in total. The van der Waals surface area contributed by atoms with Gasteiger partial charge in [0.15, 0.2) is 5.11 Å². The quantitative estimate of drug-likeness (QED) is 0.634. The molecule has 4 nitrogen and oxygen atoms in total. The van der Waals surface area contributed by atoms with Crippen LogP contribution in [0.4, 0.5) is 0 Å². The molecule has 0 amide bonds. The van der Waals surface area contributed by atoms with Crippen molar-refractivity contribution in [3.8, 4) is 5.69 Å². The molecule has 1 aliphatic heterocycles. The van der Waals surface area contributed by atoms with Crippen molar-refractivity contribution in [1.82, 2.24) is 19.8 Å². The highest BCUT2D eigenvalue weighted by molar-refractivity contribution is 7.80. The van der Waals surface area contributed by atoms with Crippen LogP contribution >= 0.6 is 12.2 Å². The number of nitrogens with zero attached hydrogens (tertiary/aromatic N) is 3. The summed E-state index contributed by atoms with van der Waals surface area (Å²) in [5.41, 5.74) is 4.65. The van der Waals surface area contributed by atoms with E-state index in [9.17, 15) is 0 Å². The summed E-state index contributed by atoms with van der Waals surface area (Å²) in [6.45, 7) is 7.49. The third kappa shape index (κ3) is 3.54. The number of nitrogens with one attached hydrogen (secondary N) is 1. The standard InChI is InChI=1S/C23H26N4S/c1-16(2)15-27-22(21(25-23(27)28)19-10-4-5-12-24-19)20-11-7-13-26(20)18-9-6-8-17(3)14-18/h4-14,16,21-22H,15H2,1-3H3,(H,25,28)/t21-,22-/m0/s1. The first-order chi connectivity index (χ1) is 13.5. The summed E-state index contributed by atoms with van der Waals surface area (Å²) in [7, 11) is 0. The number of benzene rings is 1. The van der Waals surface area contributed by atoms with E-state index in [1.807, 2.05) is 18.3 Å². The van der Waals surface area contributed by atoms with Gasteiger partial charge in [-0.1, -0.05) is 32.0 Å². The van der Waals surface area contributed by atoms with Gasteiger partial charge in [-0.25, -0.2) is 0 Å². The lowest BCUT2D eigenvalue weighted by Crippen LogP contribution is -2.33. The average molecular weight is 391 g/mol. The number of aryl methyl sites for hydroxylation is 1. The molecular weight excluding hydrogens is 364 g/mol. The molecule has 144 valence electrons. The van der Waals surface area contributed by atoms with Crippen molar-refractivity contribution in [2.24, 2.45) is 5.92 Å². The summed E-state index contributed by atoms with van der Waals surface area (Å²) >= 11 is 5.75. The summed E-state index contributed by atoms with van der Waals surface area (Å²) in [5.74, 6) is 0.507. The van der Waals surface area contributed by atoms with Crippen molar-refractivity contribution in [2.45, 2.75) is 32.9 Å². The van der Waals surface area contributed by atoms with Gasteiger partial charge in [-0.2, -0.15) is 0 Å². The van der Waals surface area contributed by atoms with Crippen LogP contribution in [0.3, 0.4) is 0 Å². The van der Waals surface area contributed by atoms with E-state index in [0.717, 1.165) is 17.4 Å². The minimum Gasteiger partial charge on any atom is -0.352 e. The summed E-state index contributed by atoms with van der Waals surface area (Å²) in [5, 5.41) is 4.33. The molecule has 1 aliphatic rings. The first-order valence-corrected chi connectivity index (χ1v) is 10.2. The Morgan fingerprint density at radius 2 is 1.96 bits per heavy atom. The predicted octanol–water partition coefficient (Wildman–Crippen LogP) is 4.81. The summed E-state index contributed by atoms with van der Waals surface area (Å²) in [4.78, 5) is 6.95. The number of hydrogen-bond donors (Lipinski definition) is 1. The summed E-state index contributed by atoms with van der Waals surface area (Å²) in [6, 6.07) is 19.1. The van der Waals surface area contributed by atoms with Crippen molar-refractivity contribution in [3.05, 3.63) is 83.9 Å². The Kier molecular flexibility index (Phi) is 5.18. The Morgan fingerprint density at radius 1 is 1.11 bits per heavy atom. The molecule has 0 spiro atoms. The largest absolute Gasteiger partial charge is 0.352 e. The van der Waals surface area contributed by atoms with E-state index in [1.54, 1.807) is 0 Å². The molecule has 3 aromatic rings. The first-order valence-electron chi connectivity index (χ1n) is 9.77. The lowest BCUT2D eigenvalue weighted by atomic mass is 10.0. The average Bonchev–Trinajstić information content (AvgIpc) is 3.27. The number of rotatable bonds is 5. The van der Waals surface area contributed by atoms with Crippen LogP contribution in [-0.4, -0.2) is 26.1 Å². The number of aromatic nitrogens is 2. The third-order valence-electron chi connectivity index (χ3n) is 5.12. The van der Waals surface area contributed by atoms with Crippen molar-refractivity contribution in [1.29, 1.82) is 0 Å². The van der Waals surface area contributed by atoms with Crippen LogP contribution < -0.4 is 5.32 Å². The summed E-state index contributed by atoms with van der Waals surface area (Å²) < 4.78 is 2.27. The smallest absolute Gasteiger partial charge is 0.170 e. The molecule has 2 aromatic heterocycles. The Balaban J connectivity index is 1.81. The number of hydrogen-bond acceptors (Lipinski definition) is 2. The molecule has 3 heterocycles. The molecular formula is C23H26N4S. The third-order valence-corrected chi connectivity index (χ3v) is 5.48. The Morgan fingerprint density at radius 3 is 2.68 bits per heavy atom. The topological polar surface area (TPSA) is 33.1 Å². The second kappa shape index (κ2) is 7.76. The van der Waals surface area contributed by atoms with Crippen LogP contribution in [0, 0.1) is 12.8 Å². The maximum absolute atomic E-state index is 5.75. The molecule has 0 radical (unpaired) electrons. The minimum absolute atomic E-state index is 0.0194. The second-order valence-corrected chi connectivity index (χ2v) is 8.20. The van der Waals surface area contributed by atoms with E-state index in [4.69, 9.17) is 12.2 Å².